The van der Waals surface area contributed by atoms with Crippen LogP contribution in [0.25, 0.3) is 0 Å². The van der Waals surface area contributed by atoms with Crippen molar-refractivity contribution in [3.05, 3.63) is 76.3 Å². The summed E-state index contributed by atoms with van der Waals surface area (Å²) in [6.45, 7) is 0. The van der Waals surface area contributed by atoms with Gasteiger partial charge in [-0.2, -0.15) is 5.26 Å². The van der Waals surface area contributed by atoms with Gasteiger partial charge in [0, 0.05) is 23.7 Å². The van der Waals surface area contributed by atoms with Gasteiger partial charge in [-0.1, -0.05) is 48.5 Å². The average molecular weight is 350 g/mol. The first-order valence-corrected chi connectivity index (χ1v) is 8.95. The molecule has 0 saturated carbocycles. The summed E-state index contributed by atoms with van der Waals surface area (Å²) in [6.07, 6.45) is 0.249. The predicted octanol–water partition coefficient (Wildman–Crippen LogP) is 3.97. The molecule has 5 heteroatoms. The number of benzene rings is 2. The number of nitrogens with zero attached hydrogens (tertiary/aromatic N) is 1. The van der Waals surface area contributed by atoms with Crippen molar-refractivity contribution in [3.8, 4) is 11.8 Å². The molecule has 1 aliphatic rings. The Morgan fingerprint density at radius 3 is 2.64 bits per heavy atom. The van der Waals surface area contributed by atoms with E-state index in [4.69, 9.17) is 4.74 Å². The lowest BCUT2D eigenvalue weighted by molar-refractivity contribution is -0.120. The Hall–Kier alpha value is -2.71. The van der Waals surface area contributed by atoms with Crippen LogP contribution < -0.4 is 10.1 Å². The van der Waals surface area contributed by atoms with Crippen LogP contribution >= 0.6 is 11.8 Å². The van der Waals surface area contributed by atoms with E-state index in [1.807, 2.05) is 54.6 Å². The van der Waals surface area contributed by atoms with E-state index in [9.17, 15) is 10.1 Å². The lowest BCUT2D eigenvalue weighted by Crippen LogP contribution is -2.31. The number of amides is 1. The Bertz CT molecular complexity index is 840. The van der Waals surface area contributed by atoms with Crippen molar-refractivity contribution in [2.24, 2.45) is 0 Å². The zero-order chi connectivity index (χ0) is 17.6. The van der Waals surface area contributed by atoms with Crippen LogP contribution in [0.15, 0.2) is 65.2 Å². The van der Waals surface area contributed by atoms with E-state index in [1.54, 1.807) is 7.11 Å². The summed E-state index contributed by atoms with van der Waals surface area (Å²) in [4.78, 5) is 12.2. The van der Waals surface area contributed by atoms with Gasteiger partial charge in [0.05, 0.1) is 23.8 Å². The first-order valence-electron chi connectivity index (χ1n) is 7.96. The first-order chi connectivity index (χ1) is 12.2. The number of hydrogen-bond donors (Lipinski definition) is 1. The number of allylic oxidation sites excluding steroid dienone is 1. The highest BCUT2D eigenvalue weighted by molar-refractivity contribution is 8.02. The second-order valence-corrected chi connectivity index (χ2v) is 6.66. The van der Waals surface area contributed by atoms with E-state index in [2.05, 4.69) is 11.4 Å². The topological polar surface area (TPSA) is 62.1 Å². The van der Waals surface area contributed by atoms with Gasteiger partial charge in [-0.25, -0.2) is 0 Å². The summed E-state index contributed by atoms with van der Waals surface area (Å²) in [5.41, 5.74) is 2.60. The lowest BCUT2D eigenvalue weighted by atomic mass is 9.86. The second kappa shape index (κ2) is 7.91. The lowest BCUT2D eigenvalue weighted by Gasteiger charge is -2.26. The molecule has 25 heavy (non-hydrogen) atoms. The Morgan fingerprint density at radius 1 is 1.20 bits per heavy atom. The largest absolute Gasteiger partial charge is 0.496 e. The quantitative estimate of drug-likeness (QED) is 0.886. The van der Waals surface area contributed by atoms with Crippen LogP contribution in [-0.4, -0.2) is 13.0 Å². The summed E-state index contributed by atoms with van der Waals surface area (Å²) in [5, 5.41) is 13.2. The number of thioether (sulfide) groups is 1. The minimum absolute atomic E-state index is 0.0783. The monoisotopic (exact) mass is 350 g/mol. The first kappa shape index (κ1) is 17.1. The van der Waals surface area contributed by atoms with E-state index in [-0.39, 0.29) is 18.2 Å². The number of methoxy groups -OCH3 is 1. The predicted molar refractivity (Wildman–Crippen MR) is 98.9 cm³/mol. The number of para-hydroxylation sites is 1. The smallest absolute Gasteiger partial charge is 0.225 e. The Balaban J connectivity index is 1.93. The van der Waals surface area contributed by atoms with E-state index >= 15 is 0 Å². The van der Waals surface area contributed by atoms with Crippen LogP contribution in [0.2, 0.25) is 0 Å². The molecule has 0 aromatic heterocycles. The molecule has 0 spiro atoms. The third-order valence-corrected chi connectivity index (χ3v) is 5.18. The maximum Gasteiger partial charge on any atom is 0.225 e. The third-order valence-electron chi connectivity index (χ3n) is 4.10. The maximum absolute atomic E-state index is 12.2. The van der Waals surface area contributed by atoms with Gasteiger partial charge in [0.15, 0.2) is 0 Å². The highest BCUT2D eigenvalue weighted by atomic mass is 32.2. The molecule has 1 heterocycles. The Labute approximate surface area is 151 Å². The SMILES string of the molecule is COc1ccccc1C1CC(=O)NC(SCc2ccccc2)=C1C#N. The fourth-order valence-electron chi connectivity index (χ4n) is 2.88. The van der Waals surface area contributed by atoms with Crippen LogP contribution in [0.4, 0.5) is 0 Å². The Morgan fingerprint density at radius 2 is 1.92 bits per heavy atom. The standard InChI is InChI=1S/C20H18N2O2S/c1-24-18-10-6-5-9-15(18)16-11-19(23)22-20(17(16)12-21)25-13-14-7-3-2-4-8-14/h2-10,16H,11,13H2,1H3,(H,22,23). The molecule has 2 aromatic carbocycles. The van der Waals surface area contributed by atoms with E-state index in [0.717, 1.165) is 11.1 Å². The Kier molecular flexibility index (Phi) is 5.42. The highest BCUT2D eigenvalue weighted by Crippen LogP contribution is 2.40. The van der Waals surface area contributed by atoms with Crippen molar-refractivity contribution < 1.29 is 9.53 Å². The fourth-order valence-corrected chi connectivity index (χ4v) is 3.92. The van der Waals surface area contributed by atoms with Gasteiger partial charge in [-0.05, 0) is 11.6 Å². The maximum atomic E-state index is 12.2. The molecule has 1 N–H and O–H groups in total. The van der Waals surface area contributed by atoms with Gasteiger partial charge in [-0.3, -0.25) is 4.79 Å². The number of nitriles is 1. The normalized spacial score (nSPS) is 17.0. The molecule has 1 amide bonds. The van der Waals surface area contributed by atoms with Crippen molar-refractivity contribution in [3.63, 3.8) is 0 Å². The molecule has 0 aliphatic carbocycles. The van der Waals surface area contributed by atoms with Gasteiger partial charge in [0.25, 0.3) is 0 Å². The number of rotatable bonds is 5. The molecule has 0 fully saturated rings. The van der Waals surface area contributed by atoms with Gasteiger partial charge in [0.2, 0.25) is 5.91 Å². The van der Waals surface area contributed by atoms with E-state index in [0.29, 0.717) is 22.1 Å². The van der Waals surface area contributed by atoms with Gasteiger partial charge in [0.1, 0.15) is 5.75 Å². The van der Waals surface area contributed by atoms with Crippen LogP contribution in [0.5, 0.6) is 5.75 Å². The molecular weight excluding hydrogens is 332 g/mol. The number of nitrogens with one attached hydrogen (secondary N) is 1. The van der Waals surface area contributed by atoms with E-state index < -0.39 is 0 Å². The van der Waals surface area contributed by atoms with E-state index in [1.165, 1.54) is 11.8 Å². The number of carbonyl (C=O) groups is 1. The summed E-state index contributed by atoms with van der Waals surface area (Å²) >= 11 is 1.48. The average Bonchev–Trinajstić information content (AvgIpc) is 2.66. The molecule has 0 radical (unpaired) electrons. The van der Waals surface area contributed by atoms with Crippen molar-refractivity contribution in [1.29, 1.82) is 5.26 Å². The van der Waals surface area contributed by atoms with Crippen LogP contribution in [0.1, 0.15) is 23.5 Å². The minimum atomic E-state index is -0.284. The highest BCUT2D eigenvalue weighted by Gasteiger charge is 2.31. The van der Waals surface area contributed by atoms with Gasteiger partial charge < -0.3 is 10.1 Å². The molecule has 1 unspecified atom stereocenters. The zero-order valence-corrected chi connectivity index (χ0v) is 14.7. The molecule has 2 aromatic rings. The van der Waals surface area contributed by atoms with Crippen molar-refractivity contribution in [2.45, 2.75) is 18.1 Å². The van der Waals surface area contributed by atoms with Crippen LogP contribution in [-0.2, 0) is 10.5 Å². The molecule has 1 atom stereocenters. The summed E-state index contributed by atoms with van der Waals surface area (Å²) < 4.78 is 5.42. The molecule has 0 saturated heterocycles. The zero-order valence-electron chi connectivity index (χ0n) is 13.9. The number of ether oxygens (including phenoxy) is 1. The molecule has 126 valence electrons. The second-order valence-electron chi connectivity index (χ2n) is 5.68. The number of carbonyl (C=O) groups excluding carboxylic acids is 1. The van der Waals surface area contributed by atoms with Crippen molar-refractivity contribution >= 4 is 17.7 Å². The fraction of sp³-hybridized carbons (Fsp3) is 0.200. The minimum Gasteiger partial charge on any atom is -0.496 e. The molecule has 1 aliphatic heterocycles. The van der Waals surface area contributed by atoms with Gasteiger partial charge in [-0.15, -0.1) is 11.8 Å². The van der Waals surface area contributed by atoms with Crippen molar-refractivity contribution in [1.82, 2.24) is 5.32 Å². The summed E-state index contributed by atoms with van der Waals surface area (Å²) in [7, 11) is 1.60. The summed E-state index contributed by atoms with van der Waals surface area (Å²) in [5.74, 6) is 1.03. The van der Waals surface area contributed by atoms with Crippen LogP contribution in [0, 0.1) is 11.3 Å². The molecule has 3 rings (SSSR count). The molecular formula is C20H18N2O2S. The molecule has 4 nitrogen and oxygen atoms in total. The number of hydrogen-bond acceptors (Lipinski definition) is 4. The van der Waals surface area contributed by atoms with Crippen molar-refractivity contribution in [2.75, 3.05) is 7.11 Å². The molecule has 0 bridgehead atoms. The summed E-state index contributed by atoms with van der Waals surface area (Å²) in [6, 6.07) is 19.8. The third kappa shape index (κ3) is 3.86. The van der Waals surface area contributed by atoms with Gasteiger partial charge >= 0.3 is 0 Å². The van der Waals surface area contributed by atoms with Crippen LogP contribution in [0.3, 0.4) is 0 Å².